The summed E-state index contributed by atoms with van der Waals surface area (Å²) in [5, 5.41) is 12.7. The molecule has 2 N–H and O–H groups in total. The minimum absolute atomic E-state index is 0.0978. The lowest BCUT2D eigenvalue weighted by Crippen LogP contribution is -2.24. The second-order valence-corrected chi connectivity index (χ2v) is 8.62. The molecule has 0 atom stereocenters. The lowest BCUT2D eigenvalue weighted by atomic mass is 10.1. The topological polar surface area (TPSA) is 102 Å². The van der Waals surface area contributed by atoms with Crippen LogP contribution in [0.1, 0.15) is 25.1 Å². The van der Waals surface area contributed by atoms with Crippen LogP contribution in [0, 0.1) is 5.92 Å². The van der Waals surface area contributed by atoms with Crippen molar-refractivity contribution in [1.82, 2.24) is 25.1 Å². The second-order valence-electron chi connectivity index (χ2n) is 7.76. The van der Waals surface area contributed by atoms with Crippen LogP contribution in [-0.2, 0) is 22.6 Å². The number of anilines is 1. The molecule has 168 valence electrons. The van der Waals surface area contributed by atoms with Crippen molar-refractivity contribution in [2.45, 2.75) is 26.8 Å². The highest BCUT2D eigenvalue weighted by Gasteiger charge is 2.15. The average Bonchev–Trinajstić information content (AvgIpc) is 3.45. The first-order chi connectivity index (χ1) is 16.0. The van der Waals surface area contributed by atoms with Crippen molar-refractivity contribution in [3.63, 3.8) is 0 Å². The third-order valence-electron chi connectivity index (χ3n) is 4.89. The molecular weight excluding hydrogens is 436 g/mol. The molecule has 0 fully saturated rings. The van der Waals surface area contributed by atoms with Crippen LogP contribution < -0.4 is 10.6 Å². The summed E-state index contributed by atoms with van der Waals surface area (Å²) in [6.07, 6.45) is 5.49. The third-order valence-corrected chi connectivity index (χ3v) is 5.69. The SMILES string of the molecule is CC(C)C(=O)Nc1nc(CC(=O)NCc2cn(-c3ccccc3)nc2-c2ccncc2)cs1. The van der Waals surface area contributed by atoms with E-state index >= 15 is 0 Å². The van der Waals surface area contributed by atoms with Gasteiger partial charge in [-0.05, 0) is 24.3 Å². The first-order valence-corrected chi connectivity index (χ1v) is 11.4. The molecule has 4 rings (SSSR count). The van der Waals surface area contributed by atoms with Gasteiger partial charge in [0, 0.05) is 47.6 Å². The summed E-state index contributed by atoms with van der Waals surface area (Å²) in [7, 11) is 0. The molecular formula is C24H24N6O2S. The number of pyridine rings is 1. The maximum atomic E-state index is 12.6. The summed E-state index contributed by atoms with van der Waals surface area (Å²) in [5.41, 5.74) is 4.15. The number of amides is 2. The highest BCUT2D eigenvalue weighted by molar-refractivity contribution is 7.13. The number of hydrogen-bond donors (Lipinski definition) is 2. The van der Waals surface area contributed by atoms with Gasteiger partial charge >= 0.3 is 0 Å². The highest BCUT2D eigenvalue weighted by Crippen LogP contribution is 2.23. The van der Waals surface area contributed by atoms with Crippen LogP contribution >= 0.6 is 11.3 Å². The highest BCUT2D eigenvalue weighted by atomic mass is 32.1. The Kier molecular flexibility index (Phi) is 6.89. The lowest BCUT2D eigenvalue weighted by molar-refractivity contribution is -0.120. The monoisotopic (exact) mass is 460 g/mol. The predicted molar refractivity (Wildman–Crippen MR) is 128 cm³/mol. The number of nitrogens with one attached hydrogen (secondary N) is 2. The minimum atomic E-state index is -0.157. The van der Waals surface area contributed by atoms with Gasteiger partial charge in [0.25, 0.3) is 0 Å². The molecule has 0 saturated heterocycles. The summed E-state index contributed by atoms with van der Waals surface area (Å²) >= 11 is 1.31. The van der Waals surface area contributed by atoms with Crippen molar-refractivity contribution >= 4 is 28.3 Å². The van der Waals surface area contributed by atoms with Gasteiger partial charge in [-0.3, -0.25) is 14.6 Å². The molecule has 0 aliphatic rings. The molecule has 33 heavy (non-hydrogen) atoms. The Labute approximate surface area is 195 Å². The summed E-state index contributed by atoms with van der Waals surface area (Å²) < 4.78 is 1.81. The smallest absolute Gasteiger partial charge is 0.228 e. The van der Waals surface area contributed by atoms with E-state index in [1.165, 1.54) is 11.3 Å². The second kappa shape index (κ2) is 10.2. The van der Waals surface area contributed by atoms with Crippen molar-refractivity contribution in [2.75, 3.05) is 5.32 Å². The molecule has 9 heteroatoms. The van der Waals surface area contributed by atoms with Gasteiger partial charge in [-0.1, -0.05) is 32.0 Å². The number of rotatable bonds is 8. The average molecular weight is 461 g/mol. The third kappa shape index (κ3) is 5.69. The quantitative estimate of drug-likeness (QED) is 0.416. The molecule has 2 amide bonds. The van der Waals surface area contributed by atoms with E-state index < -0.39 is 0 Å². The molecule has 3 heterocycles. The fourth-order valence-corrected chi connectivity index (χ4v) is 3.83. The molecule has 0 spiro atoms. The number of nitrogens with zero attached hydrogens (tertiary/aromatic N) is 4. The van der Waals surface area contributed by atoms with Crippen LogP contribution in [0.3, 0.4) is 0 Å². The van der Waals surface area contributed by atoms with Gasteiger partial charge in [-0.15, -0.1) is 11.3 Å². The van der Waals surface area contributed by atoms with Crippen LogP contribution in [0.25, 0.3) is 16.9 Å². The maximum absolute atomic E-state index is 12.6. The van der Waals surface area contributed by atoms with E-state index in [-0.39, 0.29) is 24.2 Å². The summed E-state index contributed by atoms with van der Waals surface area (Å²) in [5.74, 6) is -0.387. The Bertz CT molecular complexity index is 1230. The van der Waals surface area contributed by atoms with Crippen molar-refractivity contribution in [1.29, 1.82) is 0 Å². The van der Waals surface area contributed by atoms with Crippen LogP contribution in [-0.4, -0.2) is 31.6 Å². The number of carbonyl (C=O) groups is 2. The number of hydrogen-bond acceptors (Lipinski definition) is 6. The number of para-hydroxylation sites is 1. The van der Waals surface area contributed by atoms with Gasteiger partial charge in [0.2, 0.25) is 11.8 Å². The molecule has 0 unspecified atom stereocenters. The Hall–Kier alpha value is -3.85. The molecule has 0 radical (unpaired) electrons. The van der Waals surface area contributed by atoms with E-state index in [0.29, 0.717) is 17.4 Å². The molecule has 1 aromatic carbocycles. The standard InChI is InChI=1S/C24H24N6O2S/c1-16(2)23(32)28-24-27-19(15-33-24)12-21(31)26-13-18-14-30(20-6-4-3-5-7-20)29-22(18)17-8-10-25-11-9-17/h3-11,14-16H,12-13H2,1-2H3,(H,26,31)(H,27,28,32). The van der Waals surface area contributed by atoms with Crippen LogP contribution in [0.15, 0.2) is 66.4 Å². The van der Waals surface area contributed by atoms with E-state index in [4.69, 9.17) is 5.10 Å². The minimum Gasteiger partial charge on any atom is -0.352 e. The zero-order chi connectivity index (χ0) is 23.2. The first-order valence-electron chi connectivity index (χ1n) is 10.6. The predicted octanol–water partition coefficient (Wildman–Crippen LogP) is 3.84. The van der Waals surface area contributed by atoms with Crippen molar-refractivity contribution in [3.8, 4) is 16.9 Å². The van der Waals surface area contributed by atoms with Gasteiger partial charge in [-0.25, -0.2) is 9.67 Å². The number of aromatic nitrogens is 4. The van der Waals surface area contributed by atoms with Crippen molar-refractivity contribution in [3.05, 3.63) is 77.7 Å². The Balaban J connectivity index is 1.45. The van der Waals surface area contributed by atoms with E-state index in [0.717, 1.165) is 22.5 Å². The van der Waals surface area contributed by atoms with E-state index in [1.54, 1.807) is 22.5 Å². The first kappa shape index (κ1) is 22.3. The van der Waals surface area contributed by atoms with Gasteiger partial charge in [-0.2, -0.15) is 5.10 Å². The molecule has 8 nitrogen and oxygen atoms in total. The summed E-state index contributed by atoms with van der Waals surface area (Å²) in [4.78, 5) is 32.8. The number of carbonyl (C=O) groups excluding carboxylic acids is 2. The van der Waals surface area contributed by atoms with Crippen molar-refractivity contribution < 1.29 is 9.59 Å². The van der Waals surface area contributed by atoms with Gasteiger partial charge in [0.1, 0.15) is 0 Å². The summed E-state index contributed by atoms with van der Waals surface area (Å²) in [6, 6.07) is 13.6. The summed E-state index contributed by atoms with van der Waals surface area (Å²) in [6.45, 7) is 3.96. The fraction of sp³-hybridized carbons (Fsp3) is 0.208. The maximum Gasteiger partial charge on any atom is 0.228 e. The van der Waals surface area contributed by atoms with Crippen LogP contribution in [0.2, 0.25) is 0 Å². The number of benzene rings is 1. The van der Waals surface area contributed by atoms with Crippen LogP contribution in [0.5, 0.6) is 0 Å². The Morgan fingerprint density at radius 3 is 2.58 bits per heavy atom. The fourth-order valence-electron chi connectivity index (χ4n) is 3.12. The molecule has 0 aliphatic carbocycles. The molecule has 0 aliphatic heterocycles. The van der Waals surface area contributed by atoms with Crippen LogP contribution in [0.4, 0.5) is 5.13 Å². The lowest BCUT2D eigenvalue weighted by Gasteiger charge is -2.05. The Morgan fingerprint density at radius 1 is 1.09 bits per heavy atom. The molecule has 3 aromatic heterocycles. The largest absolute Gasteiger partial charge is 0.352 e. The molecule has 0 saturated carbocycles. The number of thiazole rings is 1. The van der Waals surface area contributed by atoms with Gasteiger partial charge in [0.05, 0.1) is 23.5 Å². The zero-order valence-corrected chi connectivity index (χ0v) is 19.2. The van der Waals surface area contributed by atoms with E-state index in [2.05, 4.69) is 20.6 Å². The van der Waals surface area contributed by atoms with Gasteiger partial charge in [0.15, 0.2) is 5.13 Å². The van der Waals surface area contributed by atoms with E-state index in [9.17, 15) is 9.59 Å². The molecule has 0 bridgehead atoms. The molecule has 4 aromatic rings. The van der Waals surface area contributed by atoms with E-state index in [1.807, 2.05) is 62.5 Å². The van der Waals surface area contributed by atoms with Crippen molar-refractivity contribution in [2.24, 2.45) is 5.92 Å². The normalized spacial score (nSPS) is 10.9. The Morgan fingerprint density at radius 2 is 1.85 bits per heavy atom. The zero-order valence-electron chi connectivity index (χ0n) is 18.4. The van der Waals surface area contributed by atoms with Gasteiger partial charge < -0.3 is 10.6 Å².